The molecule has 2 aromatic carbocycles. The Hall–Kier alpha value is -1.45. The molecule has 2 nitrogen and oxygen atoms in total. The average Bonchev–Trinajstić information content (AvgIpc) is 2.36. The summed E-state index contributed by atoms with van der Waals surface area (Å²) in [5.74, 6) is -1.01. The lowest BCUT2D eigenvalue weighted by molar-refractivity contribution is 0.432. The average molecular weight is 300 g/mol. The van der Waals surface area contributed by atoms with Crippen LogP contribution in [0.4, 0.5) is 10.1 Å². The molecule has 2 N–H and O–H groups in total. The number of phenolic OH excluding ortho intramolecular Hbond substituents is 1. The van der Waals surface area contributed by atoms with Crippen molar-refractivity contribution in [3.8, 4) is 5.75 Å². The lowest BCUT2D eigenvalue weighted by Gasteiger charge is -2.10. The predicted molar refractivity (Wildman–Crippen MR) is 76.6 cm³/mol. The number of aromatic hydroxyl groups is 1. The molecular weight excluding hydrogens is 288 g/mol. The van der Waals surface area contributed by atoms with Gasteiger partial charge in [0, 0.05) is 11.6 Å². The standard InChI is InChI=1S/C14H12Cl2FNO/c1-8-4-11(16)13(6-10(8)15)18-7-9-2-3-14(19)12(17)5-9/h2-6,18-19H,7H2,1H3. The second-order valence-corrected chi connectivity index (χ2v) is 5.03. The van der Waals surface area contributed by atoms with Gasteiger partial charge in [-0.05, 0) is 42.3 Å². The zero-order valence-corrected chi connectivity index (χ0v) is 11.7. The summed E-state index contributed by atoms with van der Waals surface area (Å²) in [5.41, 5.74) is 2.28. The van der Waals surface area contributed by atoms with Crippen LogP contribution in [-0.2, 0) is 6.54 Å². The highest BCUT2D eigenvalue weighted by Crippen LogP contribution is 2.29. The van der Waals surface area contributed by atoms with Crippen LogP contribution in [0.2, 0.25) is 10.0 Å². The van der Waals surface area contributed by atoms with Crippen molar-refractivity contribution < 1.29 is 9.50 Å². The number of nitrogens with one attached hydrogen (secondary N) is 1. The number of rotatable bonds is 3. The van der Waals surface area contributed by atoms with Gasteiger partial charge >= 0.3 is 0 Å². The van der Waals surface area contributed by atoms with E-state index in [2.05, 4.69) is 5.32 Å². The molecule has 0 saturated heterocycles. The van der Waals surface area contributed by atoms with Crippen LogP contribution in [0, 0.1) is 12.7 Å². The molecule has 2 aromatic rings. The minimum atomic E-state index is -0.646. The maximum atomic E-state index is 13.2. The summed E-state index contributed by atoms with van der Waals surface area (Å²) >= 11 is 12.1. The predicted octanol–water partition coefficient (Wildman–Crippen LogP) is 4.76. The molecule has 0 atom stereocenters. The molecule has 19 heavy (non-hydrogen) atoms. The Morgan fingerprint density at radius 1 is 1.16 bits per heavy atom. The van der Waals surface area contributed by atoms with Gasteiger partial charge in [-0.1, -0.05) is 29.3 Å². The Kier molecular flexibility index (Phi) is 4.17. The first-order valence-electron chi connectivity index (χ1n) is 5.64. The molecule has 0 bridgehead atoms. The fraction of sp³-hybridized carbons (Fsp3) is 0.143. The number of hydrogen-bond donors (Lipinski definition) is 2. The fourth-order valence-electron chi connectivity index (χ4n) is 1.64. The first kappa shape index (κ1) is 14.0. The molecule has 2 rings (SSSR count). The van der Waals surface area contributed by atoms with Crippen LogP contribution >= 0.6 is 23.2 Å². The van der Waals surface area contributed by atoms with Gasteiger partial charge in [0.25, 0.3) is 0 Å². The van der Waals surface area contributed by atoms with Gasteiger partial charge in [-0.3, -0.25) is 0 Å². The lowest BCUT2D eigenvalue weighted by Crippen LogP contribution is -2.00. The van der Waals surface area contributed by atoms with E-state index in [1.54, 1.807) is 18.2 Å². The SMILES string of the molecule is Cc1cc(Cl)c(NCc2ccc(O)c(F)c2)cc1Cl. The van der Waals surface area contributed by atoms with Gasteiger partial charge < -0.3 is 10.4 Å². The highest BCUT2D eigenvalue weighted by Gasteiger charge is 2.06. The topological polar surface area (TPSA) is 32.3 Å². The molecule has 0 fully saturated rings. The molecule has 0 spiro atoms. The minimum absolute atomic E-state index is 0.361. The normalized spacial score (nSPS) is 10.5. The molecule has 0 unspecified atom stereocenters. The van der Waals surface area contributed by atoms with Crippen molar-refractivity contribution in [2.45, 2.75) is 13.5 Å². The van der Waals surface area contributed by atoms with Gasteiger partial charge in [0.15, 0.2) is 11.6 Å². The number of aryl methyl sites for hydroxylation is 1. The van der Waals surface area contributed by atoms with Gasteiger partial charge in [0.05, 0.1) is 10.7 Å². The largest absolute Gasteiger partial charge is 0.505 e. The van der Waals surface area contributed by atoms with Crippen LogP contribution in [0.25, 0.3) is 0 Å². The molecule has 100 valence electrons. The van der Waals surface area contributed by atoms with Crippen LogP contribution in [0.3, 0.4) is 0 Å². The highest BCUT2D eigenvalue weighted by molar-refractivity contribution is 6.35. The smallest absolute Gasteiger partial charge is 0.165 e. The summed E-state index contributed by atoms with van der Waals surface area (Å²) in [7, 11) is 0. The van der Waals surface area contributed by atoms with Gasteiger partial charge in [-0.25, -0.2) is 4.39 Å². The summed E-state index contributed by atoms with van der Waals surface area (Å²) in [6, 6.07) is 7.72. The van der Waals surface area contributed by atoms with Crippen LogP contribution < -0.4 is 5.32 Å². The summed E-state index contributed by atoms with van der Waals surface area (Å²) in [6.45, 7) is 2.25. The summed E-state index contributed by atoms with van der Waals surface area (Å²) < 4.78 is 13.2. The van der Waals surface area contributed by atoms with E-state index in [1.807, 2.05) is 6.92 Å². The molecule has 0 aromatic heterocycles. The van der Waals surface area contributed by atoms with E-state index < -0.39 is 5.82 Å². The second kappa shape index (κ2) is 5.68. The fourth-order valence-corrected chi connectivity index (χ4v) is 2.09. The second-order valence-electron chi connectivity index (χ2n) is 4.22. The zero-order chi connectivity index (χ0) is 14.0. The minimum Gasteiger partial charge on any atom is -0.505 e. The first-order valence-corrected chi connectivity index (χ1v) is 6.40. The molecular formula is C14H12Cl2FNO. The van der Waals surface area contributed by atoms with Crippen LogP contribution in [-0.4, -0.2) is 5.11 Å². The Morgan fingerprint density at radius 3 is 2.58 bits per heavy atom. The quantitative estimate of drug-likeness (QED) is 0.856. The zero-order valence-electron chi connectivity index (χ0n) is 10.2. The molecule has 0 aliphatic heterocycles. The lowest BCUT2D eigenvalue weighted by atomic mass is 10.2. The number of halogens is 3. The maximum Gasteiger partial charge on any atom is 0.165 e. The Balaban J connectivity index is 2.14. The Morgan fingerprint density at radius 2 is 1.89 bits per heavy atom. The van der Waals surface area contributed by atoms with Crippen molar-refractivity contribution in [2.75, 3.05) is 5.32 Å². The molecule has 0 aliphatic rings. The van der Waals surface area contributed by atoms with E-state index in [4.69, 9.17) is 28.3 Å². The van der Waals surface area contributed by atoms with Gasteiger partial charge in [-0.2, -0.15) is 0 Å². The van der Waals surface area contributed by atoms with E-state index in [0.717, 1.165) is 5.56 Å². The van der Waals surface area contributed by atoms with Crippen molar-refractivity contribution in [3.05, 3.63) is 57.3 Å². The molecule has 0 amide bonds. The van der Waals surface area contributed by atoms with E-state index in [1.165, 1.54) is 12.1 Å². The third kappa shape index (κ3) is 3.31. The third-order valence-corrected chi connectivity index (χ3v) is 3.46. The molecule has 0 heterocycles. The van der Waals surface area contributed by atoms with E-state index in [0.29, 0.717) is 27.8 Å². The summed E-state index contributed by atoms with van der Waals surface area (Å²) in [4.78, 5) is 0. The first-order chi connectivity index (χ1) is 8.97. The van der Waals surface area contributed by atoms with Crippen LogP contribution in [0.1, 0.15) is 11.1 Å². The van der Waals surface area contributed by atoms with Crippen molar-refractivity contribution in [3.63, 3.8) is 0 Å². The van der Waals surface area contributed by atoms with Gasteiger partial charge in [0.2, 0.25) is 0 Å². The van der Waals surface area contributed by atoms with Gasteiger partial charge in [-0.15, -0.1) is 0 Å². The Bertz CT molecular complexity index is 617. The Labute approximate surface area is 120 Å². The van der Waals surface area contributed by atoms with E-state index in [-0.39, 0.29) is 5.75 Å². The van der Waals surface area contributed by atoms with Crippen molar-refractivity contribution in [1.82, 2.24) is 0 Å². The highest BCUT2D eigenvalue weighted by atomic mass is 35.5. The van der Waals surface area contributed by atoms with Crippen LogP contribution in [0.5, 0.6) is 5.75 Å². The summed E-state index contributed by atoms with van der Waals surface area (Å²) in [5, 5.41) is 13.4. The van der Waals surface area contributed by atoms with E-state index in [9.17, 15) is 4.39 Å². The number of phenols is 1. The van der Waals surface area contributed by atoms with Crippen molar-refractivity contribution in [1.29, 1.82) is 0 Å². The molecule has 5 heteroatoms. The monoisotopic (exact) mass is 299 g/mol. The molecule has 0 radical (unpaired) electrons. The number of hydrogen-bond acceptors (Lipinski definition) is 2. The van der Waals surface area contributed by atoms with Crippen molar-refractivity contribution in [2.24, 2.45) is 0 Å². The molecule has 0 aliphatic carbocycles. The van der Waals surface area contributed by atoms with Crippen molar-refractivity contribution >= 4 is 28.9 Å². The van der Waals surface area contributed by atoms with Crippen LogP contribution in [0.15, 0.2) is 30.3 Å². The van der Waals surface area contributed by atoms with Gasteiger partial charge in [0.1, 0.15) is 0 Å². The molecule has 0 saturated carbocycles. The third-order valence-electron chi connectivity index (χ3n) is 2.74. The summed E-state index contributed by atoms with van der Waals surface area (Å²) in [6.07, 6.45) is 0. The number of anilines is 1. The maximum absolute atomic E-state index is 13.2. The van der Waals surface area contributed by atoms with E-state index >= 15 is 0 Å². The number of benzene rings is 2.